The van der Waals surface area contributed by atoms with E-state index in [2.05, 4.69) is 21.4 Å². The molecule has 10 nitrogen and oxygen atoms in total. The molecule has 0 radical (unpaired) electrons. The molecule has 4 heterocycles. The first-order chi connectivity index (χ1) is 19.4. The third-order valence-electron chi connectivity index (χ3n) is 6.87. The number of anilines is 2. The first-order valence-corrected chi connectivity index (χ1v) is 13.5. The van der Waals surface area contributed by atoms with Gasteiger partial charge in [-0.2, -0.15) is 5.26 Å². The summed E-state index contributed by atoms with van der Waals surface area (Å²) in [5.74, 6) is -0.943. The lowest BCUT2D eigenvalue weighted by molar-refractivity contribution is 0.0573. The van der Waals surface area contributed by atoms with Crippen LogP contribution in [-0.2, 0) is 20.6 Å². The van der Waals surface area contributed by atoms with Crippen molar-refractivity contribution in [3.8, 4) is 17.2 Å². The number of amides is 2. The van der Waals surface area contributed by atoms with E-state index in [4.69, 9.17) is 25.8 Å². The van der Waals surface area contributed by atoms with Gasteiger partial charge in [-0.05, 0) is 50.8 Å². The van der Waals surface area contributed by atoms with Crippen LogP contribution in [0.1, 0.15) is 38.4 Å². The largest absolute Gasteiger partial charge is 0.443 e. The molecule has 0 aliphatic carbocycles. The van der Waals surface area contributed by atoms with Gasteiger partial charge in [-0.15, -0.1) is 0 Å². The van der Waals surface area contributed by atoms with E-state index in [-0.39, 0.29) is 29.1 Å². The van der Waals surface area contributed by atoms with Gasteiger partial charge < -0.3 is 14.2 Å². The zero-order chi connectivity index (χ0) is 29.5. The highest BCUT2D eigenvalue weighted by atomic mass is 35.5. The average Bonchev–Trinajstić information content (AvgIpc) is 3.42. The summed E-state index contributed by atoms with van der Waals surface area (Å²) in [5, 5.41) is 12.9. The normalized spacial score (nSPS) is 18.5. The highest BCUT2D eigenvalue weighted by Gasteiger charge is 2.35. The molecule has 2 amide bonds. The molecule has 214 valence electrons. The first-order valence-electron chi connectivity index (χ1n) is 13.2. The summed E-state index contributed by atoms with van der Waals surface area (Å²) < 4.78 is 31.9. The van der Waals surface area contributed by atoms with Crippen LogP contribution in [-0.4, -0.2) is 53.6 Å². The lowest BCUT2D eigenvalue weighted by atomic mass is 9.91. The number of nitrogens with zero attached hydrogens (tertiary/aromatic N) is 4. The van der Waals surface area contributed by atoms with E-state index in [0.29, 0.717) is 59.3 Å². The molecule has 1 N–H and O–H groups in total. The van der Waals surface area contributed by atoms with Gasteiger partial charge in [0.25, 0.3) is 0 Å². The molecule has 41 heavy (non-hydrogen) atoms. The quantitative estimate of drug-likeness (QED) is 0.389. The van der Waals surface area contributed by atoms with E-state index >= 15 is 4.39 Å². The highest BCUT2D eigenvalue weighted by Crippen LogP contribution is 2.41. The van der Waals surface area contributed by atoms with E-state index in [9.17, 15) is 14.9 Å². The zero-order valence-corrected chi connectivity index (χ0v) is 23.8. The van der Waals surface area contributed by atoms with E-state index in [1.807, 2.05) is 0 Å². The zero-order valence-electron chi connectivity index (χ0n) is 23.1. The molecule has 2 aromatic heterocycles. The average molecular weight is 582 g/mol. The maximum Gasteiger partial charge on any atom is 0.414 e. The molecule has 1 fully saturated rings. The fraction of sp³-hybridized carbons (Fsp3) is 0.414. The topological polar surface area (TPSA) is 127 Å². The number of carbonyl (C=O) groups is 2. The number of hydrogen-bond donors (Lipinski definition) is 1. The number of rotatable bonds is 3. The Morgan fingerprint density at radius 2 is 2.02 bits per heavy atom. The van der Waals surface area contributed by atoms with Crippen molar-refractivity contribution >= 4 is 46.1 Å². The Morgan fingerprint density at radius 3 is 2.71 bits per heavy atom. The Morgan fingerprint density at radius 1 is 1.24 bits per heavy atom. The minimum Gasteiger partial charge on any atom is -0.443 e. The van der Waals surface area contributed by atoms with E-state index in [1.54, 1.807) is 39.8 Å². The number of benzene rings is 1. The van der Waals surface area contributed by atoms with Crippen molar-refractivity contribution < 1.29 is 28.2 Å². The molecule has 1 aromatic carbocycles. The van der Waals surface area contributed by atoms with Gasteiger partial charge in [-0.1, -0.05) is 11.6 Å². The predicted molar refractivity (Wildman–Crippen MR) is 150 cm³/mol. The Kier molecular flexibility index (Phi) is 7.72. The number of carbonyl (C=O) groups excluding carboxylic acids is 2. The first kappa shape index (κ1) is 28.5. The van der Waals surface area contributed by atoms with Crippen molar-refractivity contribution in [1.82, 2.24) is 9.97 Å². The van der Waals surface area contributed by atoms with Crippen molar-refractivity contribution in [1.29, 1.82) is 5.26 Å². The van der Waals surface area contributed by atoms with Gasteiger partial charge in [-0.25, -0.2) is 19.0 Å². The van der Waals surface area contributed by atoms with Gasteiger partial charge in [0.05, 0.1) is 41.6 Å². The van der Waals surface area contributed by atoms with Crippen molar-refractivity contribution in [3.63, 3.8) is 0 Å². The van der Waals surface area contributed by atoms with Crippen LogP contribution < -0.4 is 10.2 Å². The van der Waals surface area contributed by atoms with Gasteiger partial charge in [-0.3, -0.25) is 15.2 Å². The lowest BCUT2D eigenvalue weighted by Crippen LogP contribution is -2.43. The van der Waals surface area contributed by atoms with Crippen LogP contribution in [0.25, 0.3) is 21.9 Å². The van der Waals surface area contributed by atoms with Crippen LogP contribution in [0.15, 0.2) is 24.5 Å². The third kappa shape index (κ3) is 5.89. The predicted octanol–water partition coefficient (Wildman–Crippen LogP) is 6.17. The summed E-state index contributed by atoms with van der Waals surface area (Å²) in [6.45, 7) is 8.03. The van der Waals surface area contributed by atoms with E-state index < -0.39 is 29.5 Å². The standard InChI is InChI=1S/C29H29ClFN5O5/c1-15-20(11-33-22-7-16(10-32)13-36(26(15)22)28(38)41-29(2,3)4)19-8-17-9-23(34-12-21(17)24(30)25(19)31)35-27(37)40-18-5-6-39-14-18/h8-9,11-12,16,18H,5-7,13-14H2,1-4H3,(H,34,35,37)/t16?,18-/m1/s1. The van der Waals surface area contributed by atoms with E-state index in [0.717, 1.165) is 0 Å². The van der Waals surface area contributed by atoms with Crippen molar-refractivity contribution in [2.45, 2.75) is 52.2 Å². The SMILES string of the molecule is Cc1c(-c2cc3cc(NC(=O)O[C@@H]4CCOC4)ncc3c(Cl)c2F)cnc2c1N(C(=O)OC(C)(C)C)CC(C#N)C2. The number of nitriles is 1. The van der Waals surface area contributed by atoms with E-state index in [1.165, 1.54) is 17.3 Å². The maximum absolute atomic E-state index is 15.7. The highest BCUT2D eigenvalue weighted by molar-refractivity contribution is 6.36. The van der Waals surface area contributed by atoms with Crippen molar-refractivity contribution in [2.24, 2.45) is 5.92 Å². The summed E-state index contributed by atoms with van der Waals surface area (Å²) >= 11 is 6.46. The lowest BCUT2D eigenvalue weighted by Gasteiger charge is -2.34. The molecule has 12 heteroatoms. The molecule has 2 aliphatic heterocycles. The van der Waals surface area contributed by atoms with Gasteiger partial charge in [0.1, 0.15) is 23.3 Å². The number of hydrogen-bond acceptors (Lipinski definition) is 8. The minimum atomic E-state index is -0.759. The molecule has 1 unspecified atom stereocenters. The van der Waals surface area contributed by atoms with Gasteiger partial charge >= 0.3 is 12.2 Å². The molecular formula is C29H29ClFN5O5. The molecule has 1 saturated heterocycles. The Labute approximate surface area is 241 Å². The maximum atomic E-state index is 15.7. The second-order valence-electron chi connectivity index (χ2n) is 11.1. The summed E-state index contributed by atoms with van der Waals surface area (Å²) in [6, 6.07) is 5.38. The second kappa shape index (κ2) is 11.1. The van der Waals surface area contributed by atoms with Crippen LogP contribution >= 0.6 is 11.6 Å². The van der Waals surface area contributed by atoms with Gasteiger partial charge in [0, 0.05) is 48.3 Å². The molecule has 0 bridgehead atoms. The molecule has 0 saturated carbocycles. The summed E-state index contributed by atoms with van der Waals surface area (Å²) in [5.41, 5.74) is 1.43. The molecule has 3 aromatic rings. The van der Waals surface area contributed by atoms with Crippen LogP contribution in [0.4, 0.5) is 25.5 Å². The molecule has 2 atom stereocenters. The van der Waals surface area contributed by atoms with Crippen LogP contribution in [0.5, 0.6) is 0 Å². The van der Waals surface area contributed by atoms with Crippen molar-refractivity contribution in [2.75, 3.05) is 30.0 Å². The fourth-order valence-corrected chi connectivity index (χ4v) is 5.25. The van der Waals surface area contributed by atoms with Gasteiger partial charge in [0.15, 0.2) is 0 Å². The van der Waals surface area contributed by atoms with Crippen LogP contribution in [0.2, 0.25) is 5.02 Å². The number of fused-ring (bicyclic) bond motifs is 2. The number of nitrogens with one attached hydrogen (secondary N) is 1. The van der Waals surface area contributed by atoms with Crippen LogP contribution in [0.3, 0.4) is 0 Å². The molecule has 0 spiro atoms. The molecular weight excluding hydrogens is 553 g/mol. The number of aromatic nitrogens is 2. The number of halogens is 2. The molecule has 2 aliphatic rings. The monoisotopic (exact) mass is 581 g/mol. The number of ether oxygens (including phenoxy) is 3. The Bertz CT molecular complexity index is 1580. The van der Waals surface area contributed by atoms with Gasteiger partial charge in [0.2, 0.25) is 0 Å². The Hall–Kier alpha value is -4.01. The van der Waals surface area contributed by atoms with Crippen LogP contribution in [0, 0.1) is 30.0 Å². The summed E-state index contributed by atoms with van der Waals surface area (Å²) in [4.78, 5) is 35.6. The smallest absolute Gasteiger partial charge is 0.414 e. The fourth-order valence-electron chi connectivity index (χ4n) is 4.99. The summed E-state index contributed by atoms with van der Waals surface area (Å²) in [6.07, 6.45) is 2.24. The number of pyridine rings is 2. The molecule has 5 rings (SSSR count). The third-order valence-corrected chi connectivity index (χ3v) is 7.24. The van der Waals surface area contributed by atoms with Crippen molar-refractivity contribution in [3.05, 3.63) is 46.6 Å². The second-order valence-corrected chi connectivity index (χ2v) is 11.4. The minimum absolute atomic E-state index is 0.120. The Balaban J connectivity index is 1.54. The summed E-state index contributed by atoms with van der Waals surface area (Å²) in [7, 11) is 0.